The number of hydrogen-bond donors (Lipinski definition) is 1. The molecule has 3 nitrogen and oxygen atoms in total. The Morgan fingerprint density at radius 1 is 1.41 bits per heavy atom. The van der Waals surface area contributed by atoms with E-state index in [-0.39, 0.29) is 0 Å². The van der Waals surface area contributed by atoms with Gasteiger partial charge >= 0.3 is 0 Å². The Morgan fingerprint density at radius 3 is 2.88 bits per heavy atom. The van der Waals surface area contributed by atoms with E-state index in [2.05, 4.69) is 5.32 Å². The first-order chi connectivity index (χ1) is 8.26. The molecular formula is C13H20ClNO2. The maximum absolute atomic E-state index is 5.88. The Morgan fingerprint density at radius 2 is 2.24 bits per heavy atom. The van der Waals surface area contributed by atoms with E-state index in [9.17, 15) is 0 Å². The molecule has 0 amide bonds. The van der Waals surface area contributed by atoms with Crippen LogP contribution in [0.1, 0.15) is 12.8 Å². The topological polar surface area (TPSA) is 30.5 Å². The average molecular weight is 258 g/mol. The standard InChI is InChI=1S/C13H20ClNO2/c1-15-12(6-4-8-16-2)10-17-13-7-3-5-11(14)9-13/h3,5,7,9,12,15H,4,6,8,10H2,1-2H3. The molecule has 0 radical (unpaired) electrons. The van der Waals surface area contributed by atoms with Gasteiger partial charge in [-0.05, 0) is 38.1 Å². The molecule has 4 heteroatoms. The van der Waals surface area contributed by atoms with Gasteiger partial charge in [-0.25, -0.2) is 0 Å². The molecule has 1 aromatic rings. The fourth-order valence-corrected chi connectivity index (χ4v) is 1.72. The molecule has 1 N–H and O–H groups in total. The first kappa shape index (κ1) is 14.3. The number of likely N-dealkylation sites (N-methyl/N-ethyl adjacent to an activating group) is 1. The van der Waals surface area contributed by atoms with Crippen LogP contribution in [0.3, 0.4) is 0 Å². The van der Waals surface area contributed by atoms with E-state index in [1.54, 1.807) is 7.11 Å². The average Bonchev–Trinajstić information content (AvgIpc) is 2.34. The van der Waals surface area contributed by atoms with Crippen LogP contribution in [-0.2, 0) is 4.74 Å². The first-order valence-corrected chi connectivity index (χ1v) is 6.18. The van der Waals surface area contributed by atoms with Gasteiger partial charge in [-0.3, -0.25) is 0 Å². The summed E-state index contributed by atoms with van der Waals surface area (Å²) in [5, 5.41) is 3.93. The first-order valence-electron chi connectivity index (χ1n) is 5.81. The van der Waals surface area contributed by atoms with Gasteiger partial charge in [0.05, 0.1) is 0 Å². The van der Waals surface area contributed by atoms with Crippen molar-refractivity contribution in [3.05, 3.63) is 29.3 Å². The number of nitrogens with one attached hydrogen (secondary N) is 1. The third-order valence-electron chi connectivity index (χ3n) is 2.56. The van der Waals surface area contributed by atoms with Crippen molar-refractivity contribution in [2.75, 3.05) is 27.4 Å². The third-order valence-corrected chi connectivity index (χ3v) is 2.79. The zero-order valence-corrected chi connectivity index (χ0v) is 11.2. The molecule has 1 atom stereocenters. The van der Waals surface area contributed by atoms with E-state index in [1.165, 1.54) is 0 Å². The number of hydrogen-bond acceptors (Lipinski definition) is 3. The second kappa shape index (κ2) is 8.34. The van der Waals surface area contributed by atoms with E-state index in [4.69, 9.17) is 21.1 Å². The van der Waals surface area contributed by atoms with Crippen LogP contribution in [0, 0.1) is 0 Å². The fraction of sp³-hybridized carbons (Fsp3) is 0.538. The predicted octanol–water partition coefficient (Wildman–Crippen LogP) is 2.73. The zero-order chi connectivity index (χ0) is 12.5. The van der Waals surface area contributed by atoms with Gasteiger partial charge in [0.2, 0.25) is 0 Å². The molecule has 1 rings (SSSR count). The molecule has 0 aliphatic heterocycles. The Bertz CT molecular complexity index is 320. The van der Waals surface area contributed by atoms with Crippen molar-refractivity contribution in [2.24, 2.45) is 0 Å². The van der Waals surface area contributed by atoms with E-state index in [1.807, 2.05) is 31.3 Å². The van der Waals surface area contributed by atoms with Gasteiger partial charge in [-0.15, -0.1) is 0 Å². The maximum atomic E-state index is 5.88. The minimum absolute atomic E-state index is 0.337. The quantitative estimate of drug-likeness (QED) is 0.727. The van der Waals surface area contributed by atoms with Crippen molar-refractivity contribution >= 4 is 11.6 Å². The van der Waals surface area contributed by atoms with Crippen molar-refractivity contribution in [3.8, 4) is 5.75 Å². The van der Waals surface area contributed by atoms with E-state index in [0.717, 1.165) is 25.2 Å². The van der Waals surface area contributed by atoms with Gasteiger partial charge in [0.25, 0.3) is 0 Å². The van der Waals surface area contributed by atoms with Gasteiger partial charge < -0.3 is 14.8 Å². The van der Waals surface area contributed by atoms with Crippen LogP contribution in [0.5, 0.6) is 5.75 Å². The maximum Gasteiger partial charge on any atom is 0.120 e. The summed E-state index contributed by atoms with van der Waals surface area (Å²) in [4.78, 5) is 0. The highest BCUT2D eigenvalue weighted by Crippen LogP contribution is 2.17. The van der Waals surface area contributed by atoms with Crippen molar-refractivity contribution < 1.29 is 9.47 Å². The molecular weight excluding hydrogens is 238 g/mol. The van der Waals surface area contributed by atoms with E-state index >= 15 is 0 Å². The lowest BCUT2D eigenvalue weighted by Crippen LogP contribution is -2.31. The molecule has 0 fully saturated rings. The number of rotatable bonds is 8. The Hall–Kier alpha value is -0.770. The number of methoxy groups -OCH3 is 1. The summed E-state index contributed by atoms with van der Waals surface area (Å²) in [7, 11) is 3.66. The van der Waals surface area contributed by atoms with Crippen LogP contribution in [-0.4, -0.2) is 33.4 Å². The predicted molar refractivity (Wildman–Crippen MR) is 70.9 cm³/mol. The molecule has 1 unspecified atom stereocenters. The minimum atomic E-state index is 0.337. The normalized spacial score (nSPS) is 12.4. The van der Waals surface area contributed by atoms with Crippen molar-refractivity contribution in [2.45, 2.75) is 18.9 Å². The van der Waals surface area contributed by atoms with Crippen LogP contribution in [0.4, 0.5) is 0 Å². The highest BCUT2D eigenvalue weighted by molar-refractivity contribution is 6.30. The van der Waals surface area contributed by atoms with Crippen LogP contribution >= 0.6 is 11.6 Å². The summed E-state index contributed by atoms with van der Waals surface area (Å²) in [5.74, 6) is 0.810. The highest BCUT2D eigenvalue weighted by Gasteiger charge is 2.06. The van der Waals surface area contributed by atoms with Gasteiger partial charge in [0, 0.05) is 24.8 Å². The van der Waals surface area contributed by atoms with E-state index in [0.29, 0.717) is 17.7 Å². The summed E-state index contributed by atoms with van der Waals surface area (Å²) in [6, 6.07) is 7.79. The molecule has 0 heterocycles. The van der Waals surface area contributed by atoms with Crippen LogP contribution in [0.15, 0.2) is 24.3 Å². The van der Waals surface area contributed by atoms with Crippen LogP contribution in [0.25, 0.3) is 0 Å². The smallest absolute Gasteiger partial charge is 0.120 e. The van der Waals surface area contributed by atoms with Crippen molar-refractivity contribution in [1.29, 1.82) is 0 Å². The summed E-state index contributed by atoms with van der Waals surface area (Å²) >= 11 is 5.88. The third kappa shape index (κ3) is 5.91. The molecule has 1 aromatic carbocycles. The molecule has 0 spiro atoms. The summed E-state index contributed by atoms with van der Waals surface area (Å²) in [5.41, 5.74) is 0. The molecule has 0 aromatic heterocycles. The fourth-order valence-electron chi connectivity index (χ4n) is 1.54. The Labute approximate surface area is 108 Å². The Kier molecular flexibility index (Phi) is 7.01. The minimum Gasteiger partial charge on any atom is -0.492 e. The lowest BCUT2D eigenvalue weighted by Gasteiger charge is -2.16. The van der Waals surface area contributed by atoms with Crippen LogP contribution in [0.2, 0.25) is 5.02 Å². The second-order valence-corrected chi connectivity index (χ2v) is 4.33. The monoisotopic (exact) mass is 257 g/mol. The molecule has 0 aliphatic rings. The van der Waals surface area contributed by atoms with E-state index < -0.39 is 0 Å². The molecule has 96 valence electrons. The zero-order valence-electron chi connectivity index (χ0n) is 10.4. The van der Waals surface area contributed by atoms with Crippen molar-refractivity contribution in [3.63, 3.8) is 0 Å². The molecule has 0 bridgehead atoms. The van der Waals surface area contributed by atoms with Gasteiger partial charge in [0.1, 0.15) is 12.4 Å². The lowest BCUT2D eigenvalue weighted by atomic mass is 10.2. The molecule has 0 saturated heterocycles. The summed E-state index contributed by atoms with van der Waals surface area (Å²) in [6.07, 6.45) is 2.06. The molecule has 0 saturated carbocycles. The van der Waals surface area contributed by atoms with Gasteiger partial charge in [-0.2, -0.15) is 0 Å². The highest BCUT2D eigenvalue weighted by atomic mass is 35.5. The Balaban J connectivity index is 2.31. The molecule has 17 heavy (non-hydrogen) atoms. The number of halogens is 1. The van der Waals surface area contributed by atoms with Gasteiger partial charge in [-0.1, -0.05) is 17.7 Å². The van der Waals surface area contributed by atoms with Crippen LogP contribution < -0.4 is 10.1 Å². The second-order valence-electron chi connectivity index (χ2n) is 3.89. The summed E-state index contributed by atoms with van der Waals surface area (Å²) < 4.78 is 10.7. The van der Waals surface area contributed by atoms with Gasteiger partial charge in [0.15, 0.2) is 0 Å². The lowest BCUT2D eigenvalue weighted by molar-refractivity contribution is 0.182. The number of ether oxygens (including phenoxy) is 2. The largest absolute Gasteiger partial charge is 0.492 e. The number of benzene rings is 1. The van der Waals surface area contributed by atoms with Crippen molar-refractivity contribution in [1.82, 2.24) is 5.32 Å². The SMILES string of the molecule is CNC(CCCOC)COc1cccc(Cl)c1. The molecule has 0 aliphatic carbocycles. The summed E-state index contributed by atoms with van der Waals surface area (Å²) in [6.45, 7) is 1.43.